The maximum atomic E-state index is 12.2. The van der Waals surface area contributed by atoms with E-state index in [1.807, 2.05) is 24.3 Å². The summed E-state index contributed by atoms with van der Waals surface area (Å²) >= 11 is 0. The second kappa shape index (κ2) is 8.63. The number of hydrogen-bond donors (Lipinski definition) is 1. The number of hydrogen-bond acceptors (Lipinski definition) is 3. The zero-order valence-corrected chi connectivity index (χ0v) is 13.2. The van der Waals surface area contributed by atoms with Crippen molar-refractivity contribution in [2.45, 2.75) is 13.3 Å². The summed E-state index contributed by atoms with van der Waals surface area (Å²) in [6, 6.07) is 14.3. The highest BCUT2D eigenvalue weighted by molar-refractivity contribution is 6.04. The second-order valence-corrected chi connectivity index (χ2v) is 4.95. The molecule has 0 bridgehead atoms. The Kier molecular flexibility index (Phi) is 6.24. The largest absolute Gasteiger partial charge is 0.494 e. The van der Waals surface area contributed by atoms with Crippen LogP contribution in [0.4, 0.5) is 5.69 Å². The van der Waals surface area contributed by atoms with Crippen LogP contribution in [0.3, 0.4) is 0 Å². The van der Waals surface area contributed by atoms with Crippen molar-refractivity contribution < 1.29 is 14.3 Å². The summed E-state index contributed by atoms with van der Waals surface area (Å²) in [5, 5.41) is 2.85. The minimum absolute atomic E-state index is 0.164. The third-order valence-electron chi connectivity index (χ3n) is 3.07. The Balaban J connectivity index is 1.94. The molecule has 0 aromatic heterocycles. The first-order valence-corrected chi connectivity index (χ1v) is 7.61. The van der Waals surface area contributed by atoms with E-state index < -0.39 is 0 Å². The molecule has 0 saturated carbocycles. The SMILES string of the molecule is C=CCOc1ccc(C(=O)Nc2ccc(OCCC)cc2)cc1. The van der Waals surface area contributed by atoms with Crippen LogP contribution in [0.2, 0.25) is 0 Å². The Morgan fingerprint density at radius 1 is 1.04 bits per heavy atom. The van der Waals surface area contributed by atoms with Crippen molar-refractivity contribution in [2.75, 3.05) is 18.5 Å². The first kappa shape index (κ1) is 16.6. The molecule has 0 unspecified atom stereocenters. The lowest BCUT2D eigenvalue weighted by molar-refractivity contribution is 0.102. The lowest BCUT2D eigenvalue weighted by Crippen LogP contribution is -2.11. The maximum Gasteiger partial charge on any atom is 0.255 e. The van der Waals surface area contributed by atoms with E-state index in [1.165, 1.54) is 0 Å². The van der Waals surface area contributed by atoms with Crippen molar-refractivity contribution in [1.29, 1.82) is 0 Å². The minimum Gasteiger partial charge on any atom is -0.494 e. The molecule has 0 radical (unpaired) electrons. The van der Waals surface area contributed by atoms with E-state index in [1.54, 1.807) is 30.3 Å². The summed E-state index contributed by atoms with van der Waals surface area (Å²) < 4.78 is 10.9. The number of carbonyl (C=O) groups is 1. The normalized spacial score (nSPS) is 9.96. The molecule has 0 heterocycles. The quantitative estimate of drug-likeness (QED) is 0.740. The standard InChI is InChI=1S/C19H21NO3/c1-3-13-22-17-9-5-15(6-10-17)19(21)20-16-7-11-18(12-8-16)23-14-4-2/h3,5-12H,1,4,13-14H2,2H3,(H,20,21). The highest BCUT2D eigenvalue weighted by Crippen LogP contribution is 2.18. The van der Waals surface area contributed by atoms with Crippen LogP contribution in [0.1, 0.15) is 23.7 Å². The molecule has 0 aliphatic carbocycles. The molecule has 0 fully saturated rings. The summed E-state index contributed by atoms with van der Waals surface area (Å²) in [6.07, 6.45) is 2.64. The van der Waals surface area contributed by atoms with Crippen molar-refractivity contribution in [2.24, 2.45) is 0 Å². The lowest BCUT2D eigenvalue weighted by Gasteiger charge is -2.08. The minimum atomic E-state index is -0.164. The van der Waals surface area contributed by atoms with Gasteiger partial charge >= 0.3 is 0 Å². The number of amides is 1. The summed E-state index contributed by atoms with van der Waals surface area (Å²) in [5.74, 6) is 1.34. The summed E-state index contributed by atoms with van der Waals surface area (Å²) in [5.41, 5.74) is 1.30. The van der Waals surface area contributed by atoms with Crippen LogP contribution < -0.4 is 14.8 Å². The fraction of sp³-hybridized carbons (Fsp3) is 0.211. The first-order valence-electron chi connectivity index (χ1n) is 7.61. The number of carbonyl (C=O) groups excluding carboxylic acids is 1. The van der Waals surface area contributed by atoms with E-state index in [-0.39, 0.29) is 5.91 Å². The number of benzene rings is 2. The van der Waals surface area contributed by atoms with Crippen LogP contribution >= 0.6 is 0 Å². The van der Waals surface area contributed by atoms with Crippen LogP contribution in [-0.2, 0) is 0 Å². The lowest BCUT2D eigenvalue weighted by atomic mass is 10.2. The van der Waals surface area contributed by atoms with E-state index >= 15 is 0 Å². The molecular formula is C19H21NO3. The first-order chi connectivity index (χ1) is 11.2. The molecule has 0 spiro atoms. The zero-order chi connectivity index (χ0) is 16.5. The molecule has 0 saturated heterocycles. The molecule has 23 heavy (non-hydrogen) atoms. The number of anilines is 1. The van der Waals surface area contributed by atoms with Gasteiger partial charge in [0.05, 0.1) is 6.61 Å². The average Bonchev–Trinajstić information content (AvgIpc) is 2.59. The van der Waals surface area contributed by atoms with Gasteiger partial charge in [0.15, 0.2) is 0 Å². The predicted molar refractivity (Wildman–Crippen MR) is 92.3 cm³/mol. The topological polar surface area (TPSA) is 47.6 Å². The van der Waals surface area contributed by atoms with E-state index in [9.17, 15) is 4.79 Å². The van der Waals surface area contributed by atoms with Gasteiger partial charge in [-0.15, -0.1) is 0 Å². The molecule has 2 rings (SSSR count). The smallest absolute Gasteiger partial charge is 0.255 e. The molecule has 1 N–H and O–H groups in total. The Bertz CT molecular complexity index is 633. The average molecular weight is 311 g/mol. The van der Waals surface area contributed by atoms with Crippen molar-refractivity contribution in [3.05, 3.63) is 66.7 Å². The summed E-state index contributed by atoms with van der Waals surface area (Å²) in [7, 11) is 0. The van der Waals surface area contributed by atoms with Gasteiger partial charge in [-0.1, -0.05) is 19.6 Å². The van der Waals surface area contributed by atoms with Gasteiger partial charge in [0, 0.05) is 11.3 Å². The highest BCUT2D eigenvalue weighted by Gasteiger charge is 2.06. The molecule has 0 aliphatic heterocycles. The van der Waals surface area contributed by atoms with Crippen LogP contribution in [0.25, 0.3) is 0 Å². The van der Waals surface area contributed by atoms with Crippen LogP contribution in [0.15, 0.2) is 61.2 Å². The Hall–Kier alpha value is -2.75. The number of rotatable bonds is 8. The molecule has 2 aromatic rings. The third kappa shape index (κ3) is 5.18. The Morgan fingerprint density at radius 3 is 2.26 bits per heavy atom. The van der Waals surface area contributed by atoms with E-state index in [0.29, 0.717) is 24.5 Å². The Morgan fingerprint density at radius 2 is 1.65 bits per heavy atom. The molecule has 0 aliphatic rings. The zero-order valence-electron chi connectivity index (χ0n) is 13.2. The van der Waals surface area contributed by atoms with Crippen LogP contribution in [0, 0.1) is 0 Å². The molecule has 120 valence electrons. The monoisotopic (exact) mass is 311 g/mol. The second-order valence-electron chi connectivity index (χ2n) is 4.95. The van der Waals surface area contributed by atoms with Crippen LogP contribution in [-0.4, -0.2) is 19.1 Å². The number of ether oxygens (including phenoxy) is 2. The molecule has 4 heteroatoms. The third-order valence-corrected chi connectivity index (χ3v) is 3.07. The van der Waals surface area contributed by atoms with Crippen molar-refractivity contribution in [3.8, 4) is 11.5 Å². The molecule has 1 amide bonds. The van der Waals surface area contributed by atoms with Gasteiger partial charge in [-0.2, -0.15) is 0 Å². The van der Waals surface area contributed by atoms with Gasteiger partial charge in [0.1, 0.15) is 18.1 Å². The molecule has 4 nitrogen and oxygen atoms in total. The van der Waals surface area contributed by atoms with E-state index in [0.717, 1.165) is 17.9 Å². The van der Waals surface area contributed by atoms with Gasteiger partial charge in [-0.3, -0.25) is 4.79 Å². The van der Waals surface area contributed by atoms with Gasteiger partial charge in [0.2, 0.25) is 0 Å². The predicted octanol–water partition coefficient (Wildman–Crippen LogP) is 4.29. The van der Waals surface area contributed by atoms with Gasteiger partial charge < -0.3 is 14.8 Å². The highest BCUT2D eigenvalue weighted by atomic mass is 16.5. The van der Waals surface area contributed by atoms with Crippen molar-refractivity contribution in [1.82, 2.24) is 0 Å². The van der Waals surface area contributed by atoms with Crippen LogP contribution in [0.5, 0.6) is 11.5 Å². The van der Waals surface area contributed by atoms with Crippen molar-refractivity contribution >= 4 is 11.6 Å². The van der Waals surface area contributed by atoms with Crippen molar-refractivity contribution in [3.63, 3.8) is 0 Å². The van der Waals surface area contributed by atoms with Gasteiger partial charge in [-0.05, 0) is 55.0 Å². The fourth-order valence-corrected chi connectivity index (χ4v) is 1.92. The maximum absolute atomic E-state index is 12.2. The summed E-state index contributed by atoms with van der Waals surface area (Å²) in [4.78, 5) is 12.2. The number of nitrogens with one attached hydrogen (secondary N) is 1. The van der Waals surface area contributed by atoms with E-state index in [2.05, 4.69) is 18.8 Å². The Labute approximate surface area is 136 Å². The molecule has 0 atom stereocenters. The molecule has 2 aromatic carbocycles. The fourth-order valence-electron chi connectivity index (χ4n) is 1.92. The van der Waals surface area contributed by atoms with E-state index in [4.69, 9.17) is 9.47 Å². The van der Waals surface area contributed by atoms with Gasteiger partial charge in [-0.25, -0.2) is 0 Å². The molecular weight excluding hydrogens is 290 g/mol. The van der Waals surface area contributed by atoms with Gasteiger partial charge in [0.25, 0.3) is 5.91 Å². The summed E-state index contributed by atoms with van der Waals surface area (Å²) in [6.45, 7) is 6.78.